The molecule has 0 saturated heterocycles. The van der Waals surface area contributed by atoms with E-state index >= 15 is 0 Å². The molecule has 0 spiro atoms. The minimum absolute atomic E-state index is 0.0285. The molecule has 0 unspecified atom stereocenters. The highest BCUT2D eigenvalue weighted by Gasteiger charge is 2.24. The Hall–Kier alpha value is -1.63. The van der Waals surface area contributed by atoms with Crippen molar-refractivity contribution in [2.45, 2.75) is 173 Å². The van der Waals surface area contributed by atoms with E-state index in [0.29, 0.717) is 19.6 Å². The number of ether oxygens (including phenoxy) is 3. The van der Waals surface area contributed by atoms with E-state index in [9.17, 15) is 14.4 Å². The van der Waals surface area contributed by atoms with E-state index in [1.807, 2.05) is 14.1 Å². The Morgan fingerprint density at radius 1 is 0.568 bits per heavy atom. The fraction of sp³-hybridized carbons (Fsp3) is 0.919. The summed E-state index contributed by atoms with van der Waals surface area (Å²) in [6.07, 6.45) is 28.1. The van der Waals surface area contributed by atoms with E-state index in [1.54, 1.807) is 0 Å². The summed E-state index contributed by atoms with van der Waals surface area (Å²) in [6, 6.07) is 0. The number of hydrogen-bond donors (Lipinski definition) is 0. The molecule has 7 nitrogen and oxygen atoms in total. The standard InChI is InChI=1S/C37H67NO6/c1-38(2)29-21-28-35(39)44-34(26-13-9-5-3-7-11-19-30-42-36(40)32-22-15-16-23-32)27-14-10-6-4-8-12-20-31-43-37(41)33-24-17-18-25-33/h32-34H,3-31H2,1-2H3. The summed E-state index contributed by atoms with van der Waals surface area (Å²) in [5.41, 5.74) is 0. The van der Waals surface area contributed by atoms with Crippen LogP contribution in [0, 0.1) is 11.8 Å². The Balaban J connectivity index is 1.48. The fourth-order valence-electron chi connectivity index (χ4n) is 6.67. The molecule has 0 aromatic heterocycles. The van der Waals surface area contributed by atoms with Crippen LogP contribution in [-0.2, 0) is 28.6 Å². The monoisotopic (exact) mass is 621 g/mol. The van der Waals surface area contributed by atoms with Crippen molar-refractivity contribution in [1.29, 1.82) is 0 Å². The van der Waals surface area contributed by atoms with E-state index in [-0.39, 0.29) is 35.8 Å². The topological polar surface area (TPSA) is 82.1 Å². The molecule has 0 atom stereocenters. The largest absolute Gasteiger partial charge is 0.465 e. The molecular weight excluding hydrogens is 554 g/mol. The Kier molecular flexibility index (Phi) is 22.4. The molecule has 0 aromatic rings. The van der Waals surface area contributed by atoms with Crippen molar-refractivity contribution in [1.82, 2.24) is 4.90 Å². The van der Waals surface area contributed by atoms with Crippen LogP contribution in [0.15, 0.2) is 0 Å². The third kappa shape index (κ3) is 19.7. The molecule has 2 rings (SSSR count). The van der Waals surface area contributed by atoms with Gasteiger partial charge in [-0.1, -0.05) is 89.9 Å². The third-order valence-electron chi connectivity index (χ3n) is 9.49. The average Bonchev–Trinajstić information content (AvgIpc) is 3.74. The van der Waals surface area contributed by atoms with Gasteiger partial charge in [-0.25, -0.2) is 0 Å². The lowest BCUT2D eigenvalue weighted by Crippen LogP contribution is -2.20. The van der Waals surface area contributed by atoms with Crippen LogP contribution in [0.25, 0.3) is 0 Å². The second-order valence-corrected chi connectivity index (χ2v) is 13.8. The van der Waals surface area contributed by atoms with Gasteiger partial charge < -0.3 is 19.1 Å². The van der Waals surface area contributed by atoms with Crippen LogP contribution in [0.5, 0.6) is 0 Å². The quantitative estimate of drug-likeness (QED) is 0.0514. The van der Waals surface area contributed by atoms with Crippen LogP contribution < -0.4 is 0 Å². The van der Waals surface area contributed by atoms with Crippen LogP contribution >= 0.6 is 0 Å². The summed E-state index contributed by atoms with van der Waals surface area (Å²) < 4.78 is 16.9. The van der Waals surface area contributed by atoms with Gasteiger partial charge in [0.2, 0.25) is 0 Å². The van der Waals surface area contributed by atoms with E-state index in [4.69, 9.17) is 14.2 Å². The second-order valence-electron chi connectivity index (χ2n) is 13.8. The summed E-state index contributed by atoms with van der Waals surface area (Å²) in [5.74, 6) is 0.343. The lowest BCUT2D eigenvalue weighted by molar-refractivity contribution is -0.150. The number of carbonyl (C=O) groups excluding carboxylic acids is 3. The number of hydrogen-bond acceptors (Lipinski definition) is 7. The van der Waals surface area contributed by atoms with Crippen LogP contribution in [0.4, 0.5) is 0 Å². The highest BCUT2D eigenvalue weighted by molar-refractivity contribution is 5.73. The summed E-state index contributed by atoms with van der Waals surface area (Å²) >= 11 is 0. The molecule has 7 heteroatoms. The van der Waals surface area contributed by atoms with Gasteiger partial charge in [0.25, 0.3) is 0 Å². The number of carbonyl (C=O) groups is 3. The van der Waals surface area contributed by atoms with Gasteiger partial charge in [0, 0.05) is 6.42 Å². The SMILES string of the molecule is CN(C)CCCC(=O)OC(CCCCCCCCCOC(=O)C1CCCC1)CCCCCCCCCOC(=O)C1CCCC1. The third-order valence-corrected chi connectivity index (χ3v) is 9.49. The number of unbranched alkanes of at least 4 members (excludes halogenated alkanes) is 12. The first-order valence-corrected chi connectivity index (χ1v) is 18.6. The molecule has 44 heavy (non-hydrogen) atoms. The lowest BCUT2D eigenvalue weighted by Gasteiger charge is -2.18. The average molecular weight is 622 g/mol. The van der Waals surface area contributed by atoms with Crippen molar-refractivity contribution in [2.24, 2.45) is 11.8 Å². The van der Waals surface area contributed by atoms with E-state index in [0.717, 1.165) is 90.0 Å². The first-order chi connectivity index (χ1) is 21.5. The summed E-state index contributed by atoms with van der Waals surface area (Å²) in [5, 5.41) is 0. The molecule has 0 bridgehead atoms. The van der Waals surface area contributed by atoms with Crippen molar-refractivity contribution >= 4 is 17.9 Å². The van der Waals surface area contributed by atoms with Crippen molar-refractivity contribution in [3.8, 4) is 0 Å². The maximum Gasteiger partial charge on any atom is 0.308 e. The van der Waals surface area contributed by atoms with Gasteiger partial charge in [-0.3, -0.25) is 14.4 Å². The molecule has 0 radical (unpaired) electrons. The van der Waals surface area contributed by atoms with Crippen molar-refractivity contribution in [3.63, 3.8) is 0 Å². The maximum atomic E-state index is 12.5. The van der Waals surface area contributed by atoms with Crippen LogP contribution in [0.1, 0.15) is 167 Å². The smallest absolute Gasteiger partial charge is 0.308 e. The molecular formula is C37H67NO6. The van der Waals surface area contributed by atoms with Gasteiger partial charge in [-0.2, -0.15) is 0 Å². The first kappa shape index (κ1) is 38.6. The van der Waals surface area contributed by atoms with Crippen molar-refractivity contribution in [3.05, 3.63) is 0 Å². The maximum absolute atomic E-state index is 12.5. The Bertz CT molecular complexity index is 696. The Morgan fingerprint density at radius 3 is 1.36 bits per heavy atom. The molecule has 2 aliphatic rings. The van der Waals surface area contributed by atoms with Gasteiger partial charge in [-0.05, 0) is 91.3 Å². The summed E-state index contributed by atoms with van der Waals surface area (Å²) in [4.78, 5) is 38.6. The first-order valence-electron chi connectivity index (χ1n) is 18.6. The van der Waals surface area contributed by atoms with E-state index < -0.39 is 0 Å². The number of nitrogens with zero attached hydrogens (tertiary/aromatic N) is 1. The van der Waals surface area contributed by atoms with Crippen LogP contribution in [-0.4, -0.2) is 62.8 Å². The van der Waals surface area contributed by atoms with E-state index in [1.165, 1.54) is 77.0 Å². The van der Waals surface area contributed by atoms with Crippen LogP contribution in [0.2, 0.25) is 0 Å². The molecule has 2 aliphatic carbocycles. The Labute approximate surface area is 269 Å². The molecule has 256 valence electrons. The molecule has 0 aromatic carbocycles. The molecule has 0 aliphatic heterocycles. The van der Waals surface area contributed by atoms with Gasteiger partial charge in [-0.15, -0.1) is 0 Å². The molecule has 2 saturated carbocycles. The normalized spacial score (nSPS) is 15.8. The van der Waals surface area contributed by atoms with E-state index in [2.05, 4.69) is 4.90 Å². The molecule has 0 N–H and O–H groups in total. The number of rotatable bonds is 27. The van der Waals surface area contributed by atoms with Crippen LogP contribution in [0.3, 0.4) is 0 Å². The predicted molar refractivity (Wildman–Crippen MR) is 177 cm³/mol. The highest BCUT2D eigenvalue weighted by atomic mass is 16.5. The zero-order valence-corrected chi connectivity index (χ0v) is 28.6. The number of esters is 3. The fourth-order valence-corrected chi connectivity index (χ4v) is 6.67. The molecule has 2 fully saturated rings. The summed E-state index contributed by atoms with van der Waals surface area (Å²) in [6.45, 7) is 2.06. The zero-order chi connectivity index (χ0) is 31.7. The Morgan fingerprint density at radius 2 is 0.955 bits per heavy atom. The molecule has 0 amide bonds. The van der Waals surface area contributed by atoms with Gasteiger partial charge in [0.05, 0.1) is 25.0 Å². The summed E-state index contributed by atoms with van der Waals surface area (Å²) in [7, 11) is 4.07. The minimum atomic E-state index is -0.0425. The molecule has 0 heterocycles. The minimum Gasteiger partial charge on any atom is -0.465 e. The predicted octanol–water partition coefficient (Wildman–Crippen LogP) is 8.95. The van der Waals surface area contributed by atoms with Gasteiger partial charge >= 0.3 is 17.9 Å². The van der Waals surface area contributed by atoms with Crippen molar-refractivity contribution in [2.75, 3.05) is 33.9 Å². The lowest BCUT2D eigenvalue weighted by atomic mass is 10.0. The van der Waals surface area contributed by atoms with Gasteiger partial charge in [0.1, 0.15) is 6.10 Å². The second kappa shape index (κ2) is 25.5. The van der Waals surface area contributed by atoms with Crippen molar-refractivity contribution < 1.29 is 28.6 Å². The highest BCUT2D eigenvalue weighted by Crippen LogP contribution is 2.27. The zero-order valence-electron chi connectivity index (χ0n) is 28.6. The van der Waals surface area contributed by atoms with Gasteiger partial charge in [0.15, 0.2) is 0 Å².